The molecule has 0 saturated carbocycles. The van der Waals surface area contributed by atoms with Crippen LogP contribution in [-0.4, -0.2) is 20.3 Å². The fourth-order valence-corrected chi connectivity index (χ4v) is 1.91. The summed E-state index contributed by atoms with van der Waals surface area (Å²) in [5.74, 6) is 2.10. The van der Waals surface area contributed by atoms with Crippen molar-refractivity contribution in [3.63, 3.8) is 0 Å². The van der Waals surface area contributed by atoms with Gasteiger partial charge in [0.15, 0.2) is 11.6 Å². The summed E-state index contributed by atoms with van der Waals surface area (Å²) in [4.78, 5) is 4.34. The Morgan fingerprint density at radius 1 is 1.05 bits per heavy atom. The van der Waals surface area contributed by atoms with Gasteiger partial charge in [-0.05, 0) is 48.5 Å². The summed E-state index contributed by atoms with van der Waals surface area (Å²) in [5, 5.41) is 16.9. The van der Waals surface area contributed by atoms with E-state index < -0.39 is 0 Å². The van der Waals surface area contributed by atoms with Gasteiger partial charge >= 0.3 is 0 Å². The first-order valence-electron chi connectivity index (χ1n) is 6.30. The summed E-state index contributed by atoms with van der Waals surface area (Å²) in [6.07, 6.45) is 0. The summed E-state index contributed by atoms with van der Waals surface area (Å²) in [5.41, 5.74) is 0.821. The molecule has 0 radical (unpaired) electrons. The zero-order chi connectivity index (χ0) is 14.7. The molecule has 106 valence electrons. The Labute approximate surface area is 126 Å². The first-order valence-corrected chi connectivity index (χ1v) is 6.67. The van der Waals surface area contributed by atoms with Crippen LogP contribution in [0.15, 0.2) is 48.5 Å². The molecule has 3 rings (SSSR count). The number of benzene rings is 2. The molecule has 2 aromatic carbocycles. The Hall–Kier alpha value is -2.53. The van der Waals surface area contributed by atoms with Gasteiger partial charge in [0, 0.05) is 10.6 Å². The van der Waals surface area contributed by atoms with Crippen LogP contribution in [-0.2, 0) is 6.61 Å². The molecule has 0 aliphatic carbocycles. The van der Waals surface area contributed by atoms with Gasteiger partial charge in [-0.15, -0.1) is 0 Å². The lowest BCUT2D eigenvalue weighted by Crippen LogP contribution is -1.97. The van der Waals surface area contributed by atoms with Crippen molar-refractivity contribution >= 4 is 11.6 Å². The van der Waals surface area contributed by atoms with Crippen molar-refractivity contribution in [2.75, 3.05) is 0 Å². The van der Waals surface area contributed by atoms with Crippen LogP contribution in [0.1, 0.15) is 5.82 Å². The number of H-pyrrole nitrogens is 1. The number of nitrogens with zero attached hydrogens (tertiary/aromatic N) is 2. The number of nitrogens with one attached hydrogen (secondary N) is 1. The number of hydrogen-bond donors (Lipinski definition) is 2. The second kappa shape index (κ2) is 5.85. The molecule has 1 heterocycles. The van der Waals surface area contributed by atoms with E-state index in [1.165, 1.54) is 0 Å². The Morgan fingerprint density at radius 3 is 2.48 bits per heavy atom. The summed E-state index contributed by atoms with van der Waals surface area (Å²) >= 11 is 5.81. The zero-order valence-electron chi connectivity index (χ0n) is 11.0. The highest BCUT2D eigenvalue weighted by Crippen LogP contribution is 2.19. The molecule has 0 saturated heterocycles. The fourth-order valence-electron chi connectivity index (χ4n) is 1.78. The predicted molar refractivity (Wildman–Crippen MR) is 79.3 cm³/mol. The number of aromatic hydroxyl groups is 1. The SMILES string of the molecule is Oc1ccc(-c2n[nH]c(COc3ccc(Cl)cc3)n2)cc1. The largest absolute Gasteiger partial charge is 0.508 e. The number of hydrogen-bond acceptors (Lipinski definition) is 4. The molecule has 0 atom stereocenters. The quantitative estimate of drug-likeness (QED) is 0.774. The van der Waals surface area contributed by atoms with Crippen molar-refractivity contribution in [1.82, 2.24) is 15.2 Å². The highest BCUT2D eigenvalue weighted by molar-refractivity contribution is 6.30. The average Bonchev–Trinajstić information content (AvgIpc) is 2.96. The highest BCUT2D eigenvalue weighted by atomic mass is 35.5. The molecule has 0 amide bonds. The number of aromatic amines is 1. The molecule has 0 aliphatic rings. The second-order valence-corrected chi connectivity index (χ2v) is 4.83. The van der Waals surface area contributed by atoms with Crippen LogP contribution in [0.3, 0.4) is 0 Å². The monoisotopic (exact) mass is 301 g/mol. The van der Waals surface area contributed by atoms with Crippen molar-refractivity contribution in [3.05, 3.63) is 59.4 Å². The molecular formula is C15H12ClN3O2. The van der Waals surface area contributed by atoms with Gasteiger partial charge in [0.05, 0.1) is 0 Å². The summed E-state index contributed by atoms with van der Waals surface area (Å²) < 4.78 is 5.58. The lowest BCUT2D eigenvalue weighted by Gasteiger charge is -2.03. The normalized spacial score (nSPS) is 10.5. The molecule has 21 heavy (non-hydrogen) atoms. The van der Waals surface area contributed by atoms with Crippen LogP contribution >= 0.6 is 11.6 Å². The van der Waals surface area contributed by atoms with E-state index in [4.69, 9.17) is 16.3 Å². The first-order chi connectivity index (χ1) is 10.2. The van der Waals surface area contributed by atoms with Gasteiger partial charge in [0.25, 0.3) is 0 Å². The van der Waals surface area contributed by atoms with Gasteiger partial charge in [-0.25, -0.2) is 4.98 Å². The molecule has 0 fully saturated rings. The van der Waals surface area contributed by atoms with Crippen molar-refractivity contribution < 1.29 is 9.84 Å². The maximum absolute atomic E-state index is 9.26. The molecule has 0 aliphatic heterocycles. The van der Waals surface area contributed by atoms with E-state index in [1.807, 2.05) is 0 Å². The molecule has 3 aromatic rings. The highest BCUT2D eigenvalue weighted by Gasteiger charge is 2.06. The average molecular weight is 302 g/mol. The maximum atomic E-state index is 9.26. The van der Waals surface area contributed by atoms with Crippen LogP contribution in [0.4, 0.5) is 0 Å². The van der Waals surface area contributed by atoms with E-state index in [1.54, 1.807) is 48.5 Å². The minimum atomic E-state index is 0.209. The van der Waals surface area contributed by atoms with Crippen LogP contribution < -0.4 is 4.74 Å². The van der Waals surface area contributed by atoms with Crippen LogP contribution in [0.25, 0.3) is 11.4 Å². The van der Waals surface area contributed by atoms with E-state index >= 15 is 0 Å². The van der Waals surface area contributed by atoms with Gasteiger partial charge in [0.1, 0.15) is 18.1 Å². The van der Waals surface area contributed by atoms with Crippen molar-refractivity contribution in [2.24, 2.45) is 0 Å². The summed E-state index contributed by atoms with van der Waals surface area (Å²) in [7, 11) is 0. The van der Waals surface area contributed by atoms with Crippen LogP contribution in [0.5, 0.6) is 11.5 Å². The molecule has 2 N–H and O–H groups in total. The topological polar surface area (TPSA) is 71.0 Å². The van der Waals surface area contributed by atoms with Crippen molar-refractivity contribution in [3.8, 4) is 22.9 Å². The maximum Gasteiger partial charge on any atom is 0.181 e. The number of phenols is 1. The Balaban J connectivity index is 1.67. The summed E-state index contributed by atoms with van der Waals surface area (Å²) in [6.45, 7) is 0.284. The summed E-state index contributed by atoms with van der Waals surface area (Å²) in [6, 6.07) is 13.8. The Bertz CT molecular complexity index is 723. The lowest BCUT2D eigenvalue weighted by atomic mass is 10.2. The molecule has 1 aromatic heterocycles. The van der Waals surface area contributed by atoms with Gasteiger partial charge in [0.2, 0.25) is 0 Å². The number of aromatic nitrogens is 3. The third-order valence-corrected chi connectivity index (χ3v) is 3.10. The standard InChI is InChI=1S/C15H12ClN3O2/c16-11-3-7-13(8-4-11)21-9-14-17-15(19-18-14)10-1-5-12(20)6-2-10/h1-8,20H,9H2,(H,17,18,19). The van der Waals surface area contributed by atoms with E-state index in [2.05, 4.69) is 15.2 Å². The predicted octanol–water partition coefficient (Wildman–Crippen LogP) is 3.41. The van der Waals surface area contributed by atoms with Crippen LogP contribution in [0.2, 0.25) is 5.02 Å². The molecule has 5 nitrogen and oxygen atoms in total. The van der Waals surface area contributed by atoms with E-state index in [0.717, 1.165) is 5.56 Å². The zero-order valence-corrected chi connectivity index (χ0v) is 11.7. The Kier molecular flexibility index (Phi) is 3.75. The third kappa shape index (κ3) is 3.32. The van der Waals surface area contributed by atoms with Crippen LogP contribution in [0, 0.1) is 0 Å². The van der Waals surface area contributed by atoms with Crippen molar-refractivity contribution in [2.45, 2.75) is 6.61 Å². The van der Waals surface area contributed by atoms with E-state index in [0.29, 0.717) is 22.4 Å². The molecular weight excluding hydrogens is 290 g/mol. The lowest BCUT2D eigenvalue weighted by molar-refractivity contribution is 0.296. The Morgan fingerprint density at radius 2 is 1.76 bits per heavy atom. The fraction of sp³-hybridized carbons (Fsp3) is 0.0667. The van der Waals surface area contributed by atoms with Gasteiger partial charge in [-0.2, -0.15) is 5.10 Å². The minimum Gasteiger partial charge on any atom is -0.508 e. The number of ether oxygens (including phenoxy) is 1. The molecule has 0 unspecified atom stereocenters. The van der Waals surface area contributed by atoms with Gasteiger partial charge in [-0.3, -0.25) is 5.10 Å². The first kappa shape index (κ1) is 13.5. The number of halogens is 1. The number of rotatable bonds is 4. The minimum absolute atomic E-state index is 0.209. The number of phenolic OH excluding ortho intramolecular Hbond substituents is 1. The molecule has 0 bridgehead atoms. The second-order valence-electron chi connectivity index (χ2n) is 4.40. The smallest absolute Gasteiger partial charge is 0.181 e. The van der Waals surface area contributed by atoms with Gasteiger partial charge < -0.3 is 9.84 Å². The van der Waals surface area contributed by atoms with Gasteiger partial charge in [-0.1, -0.05) is 11.6 Å². The molecule has 0 spiro atoms. The third-order valence-electron chi connectivity index (χ3n) is 2.85. The van der Waals surface area contributed by atoms with E-state index in [9.17, 15) is 5.11 Å². The van der Waals surface area contributed by atoms with E-state index in [-0.39, 0.29) is 12.4 Å². The molecule has 6 heteroatoms. The van der Waals surface area contributed by atoms with Crippen molar-refractivity contribution in [1.29, 1.82) is 0 Å².